The van der Waals surface area contributed by atoms with E-state index in [1.165, 1.54) is 12.1 Å². The number of aromatic nitrogens is 4. The van der Waals surface area contributed by atoms with Crippen molar-refractivity contribution in [2.45, 2.75) is 17.9 Å². The Morgan fingerprint density at radius 3 is 2.71 bits per heavy atom. The molecule has 0 bridgehead atoms. The number of nitriles is 1. The van der Waals surface area contributed by atoms with E-state index >= 15 is 0 Å². The second-order valence-corrected chi connectivity index (χ2v) is 9.54. The highest BCUT2D eigenvalue weighted by Crippen LogP contribution is 2.47. The number of rotatable bonds is 6. The average Bonchev–Trinajstić information content (AvgIpc) is 3.11. The molecule has 158 valence electrons. The maximum absolute atomic E-state index is 12.7. The monoisotopic (exact) mass is 436 g/mol. The van der Waals surface area contributed by atoms with Gasteiger partial charge in [0.25, 0.3) is 0 Å². The molecule has 1 aliphatic carbocycles. The zero-order chi connectivity index (χ0) is 21.6. The lowest BCUT2D eigenvalue weighted by atomic mass is 10.2. The van der Waals surface area contributed by atoms with Crippen LogP contribution in [-0.2, 0) is 10.0 Å². The van der Waals surface area contributed by atoms with Crippen molar-refractivity contribution in [3.05, 3.63) is 53.9 Å². The molecule has 3 heterocycles. The third kappa shape index (κ3) is 3.83. The summed E-state index contributed by atoms with van der Waals surface area (Å²) in [5.41, 5.74) is 1.27. The summed E-state index contributed by atoms with van der Waals surface area (Å²) < 4.78 is 28.1. The Morgan fingerprint density at radius 1 is 1.19 bits per heavy atom. The summed E-state index contributed by atoms with van der Waals surface area (Å²) in [6, 6.07) is 11.6. The van der Waals surface area contributed by atoms with E-state index in [4.69, 9.17) is 5.26 Å². The number of anilines is 3. The first kappa shape index (κ1) is 19.5. The quantitative estimate of drug-likeness (QED) is 0.529. The van der Waals surface area contributed by atoms with Crippen molar-refractivity contribution < 1.29 is 8.42 Å². The molecule has 2 fully saturated rings. The minimum atomic E-state index is -3.66. The second kappa shape index (κ2) is 7.33. The number of fused-ring (bicyclic) bond motifs is 1. The highest BCUT2D eigenvalue weighted by Gasteiger charge is 2.57. The number of nitrogens with zero attached hydrogens (tertiary/aromatic N) is 5. The van der Waals surface area contributed by atoms with E-state index in [9.17, 15) is 8.42 Å². The van der Waals surface area contributed by atoms with Crippen LogP contribution in [0.4, 0.5) is 17.6 Å². The number of hydrogen-bond donors (Lipinski definition) is 3. The number of aryl methyl sites for hydroxylation is 1. The van der Waals surface area contributed by atoms with Crippen LogP contribution in [0.15, 0.2) is 47.5 Å². The molecule has 0 spiro atoms. The van der Waals surface area contributed by atoms with Gasteiger partial charge in [-0.05, 0) is 43.0 Å². The minimum Gasteiger partial charge on any atom is -0.340 e. The third-order valence-electron chi connectivity index (χ3n) is 5.65. The fraction of sp³-hybridized carbons (Fsp3) is 0.300. The summed E-state index contributed by atoms with van der Waals surface area (Å²) in [6.45, 7) is 3.28. The van der Waals surface area contributed by atoms with Gasteiger partial charge in [-0.3, -0.25) is 5.10 Å². The average molecular weight is 437 g/mol. The van der Waals surface area contributed by atoms with Crippen LogP contribution in [0.25, 0.3) is 0 Å². The van der Waals surface area contributed by atoms with E-state index in [-0.39, 0.29) is 22.8 Å². The first-order chi connectivity index (χ1) is 14.9. The molecule has 1 aromatic carbocycles. The summed E-state index contributed by atoms with van der Waals surface area (Å²) >= 11 is 0. The van der Waals surface area contributed by atoms with Gasteiger partial charge in [0.1, 0.15) is 5.82 Å². The molecular weight excluding hydrogens is 416 g/mol. The maximum atomic E-state index is 12.7. The molecule has 2 aromatic heterocycles. The number of piperidine rings is 1. The molecule has 5 rings (SSSR count). The van der Waals surface area contributed by atoms with Gasteiger partial charge in [0.15, 0.2) is 5.82 Å². The van der Waals surface area contributed by atoms with Crippen LogP contribution in [0.1, 0.15) is 11.3 Å². The molecule has 1 aliphatic heterocycles. The number of aromatic amines is 1. The predicted molar refractivity (Wildman–Crippen MR) is 113 cm³/mol. The molecule has 3 N–H and O–H groups in total. The Labute approximate surface area is 179 Å². The highest BCUT2D eigenvalue weighted by atomic mass is 32.2. The molecule has 3 aromatic rings. The first-order valence-corrected chi connectivity index (χ1v) is 11.3. The van der Waals surface area contributed by atoms with Gasteiger partial charge in [-0.25, -0.2) is 18.1 Å². The van der Waals surface area contributed by atoms with Gasteiger partial charge >= 0.3 is 0 Å². The SMILES string of the molecule is Cc1cc(Nc2ccnc(N3C[C@@H]4C(NS(=O)(=O)c5cccc(C#N)c5)[C@@H]4C3)n2)n[nH]1. The topological polar surface area (TPSA) is 140 Å². The van der Waals surface area contributed by atoms with Crippen LogP contribution >= 0.6 is 0 Å². The zero-order valence-electron chi connectivity index (χ0n) is 16.6. The van der Waals surface area contributed by atoms with Crippen molar-refractivity contribution in [2.75, 3.05) is 23.3 Å². The molecular formula is C20H20N8O2S. The Hall–Kier alpha value is -3.49. The number of hydrogen-bond acceptors (Lipinski definition) is 8. The summed E-state index contributed by atoms with van der Waals surface area (Å²) in [5.74, 6) is 2.35. The van der Waals surface area contributed by atoms with Crippen LogP contribution in [0.5, 0.6) is 0 Å². The second-order valence-electron chi connectivity index (χ2n) is 7.82. The highest BCUT2D eigenvalue weighted by molar-refractivity contribution is 7.89. The van der Waals surface area contributed by atoms with E-state index in [1.807, 2.05) is 19.1 Å². The van der Waals surface area contributed by atoms with Gasteiger partial charge < -0.3 is 10.2 Å². The normalized spacial score (nSPS) is 22.1. The number of H-pyrrole nitrogens is 1. The van der Waals surface area contributed by atoms with E-state index in [1.54, 1.807) is 24.4 Å². The van der Waals surface area contributed by atoms with Gasteiger partial charge in [-0.15, -0.1) is 0 Å². The van der Waals surface area contributed by atoms with Crippen LogP contribution in [0.3, 0.4) is 0 Å². The van der Waals surface area contributed by atoms with E-state index in [2.05, 4.69) is 35.1 Å². The minimum absolute atomic E-state index is 0.111. The van der Waals surface area contributed by atoms with Crippen molar-refractivity contribution in [3.63, 3.8) is 0 Å². The number of benzene rings is 1. The van der Waals surface area contributed by atoms with Crippen LogP contribution in [0.2, 0.25) is 0 Å². The molecule has 2 aliphatic rings. The molecule has 1 unspecified atom stereocenters. The number of nitrogens with one attached hydrogen (secondary N) is 3. The Bertz CT molecular complexity index is 1270. The fourth-order valence-electron chi connectivity index (χ4n) is 4.03. The summed E-state index contributed by atoms with van der Waals surface area (Å²) in [7, 11) is -3.66. The van der Waals surface area contributed by atoms with Gasteiger partial charge in [-0.2, -0.15) is 15.3 Å². The van der Waals surface area contributed by atoms with Gasteiger partial charge in [0, 0.05) is 37.1 Å². The van der Waals surface area contributed by atoms with Gasteiger partial charge in [0.05, 0.1) is 16.5 Å². The molecule has 1 saturated heterocycles. The van der Waals surface area contributed by atoms with E-state index in [0.29, 0.717) is 36.2 Å². The van der Waals surface area contributed by atoms with Crippen molar-refractivity contribution >= 4 is 27.6 Å². The lowest BCUT2D eigenvalue weighted by molar-refractivity contribution is 0.570. The van der Waals surface area contributed by atoms with Gasteiger partial charge in [0.2, 0.25) is 16.0 Å². The predicted octanol–water partition coefficient (Wildman–Crippen LogP) is 1.54. The third-order valence-corrected chi connectivity index (χ3v) is 7.10. The van der Waals surface area contributed by atoms with Crippen molar-refractivity contribution in [1.82, 2.24) is 24.9 Å². The zero-order valence-corrected chi connectivity index (χ0v) is 17.5. The van der Waals surface area contributed by atoms with Gasteiger partial charge in [-0.1, -0.05) is 6.07 Å². The summed E-state index contributed by atoms with van der Waals surface area (Å²) in [5, 5.41) is 19.2. The van der Waals surface area contributed by atoms with E-state index in [0.717, 1.165) is 5.69 Å². The molecule has 0 radical (unpaired) electrons. The Kier molecular flexibility index (Phi) is 4.60. The lowest BCUT2D eigenvalue weighted by Gasteiger charge is -2.20. The van der Waals surface area contributed by atoms with Crippen molar-refractivity contribution in [3.8, 4) is 6.07 Å². The van der Waals surface area contributed by atoms with Crippen LogP contribution in [0, 0.1) is 30.1 Å². The molecule has 11 heteroatoms. The molecule has 3 atom stereocenters. The lowest BCUT2D eigenvalue weighted by Crippen LogP contribution is -2.35. The maximum Gasteiger partial charge on any atom is 0.240 e. The standard InChI is InChI=1S/C20H20N8O2S/c1-12-7-18(26-25-12)23-17-5-6-22-20(24-17)28-10-15-16(11-28)19(15)27-31(29,30)14-4-2-3-13(8-14)9-21/h2-8,15-16,19,27H,10-11H2,1H3,(H2,22,23,24,25,26)/t15-,16+,19?. The van der Waals surface area contributed by atoms with E-state index < -0.39 is 10.0 Å². The van der Waals surface area contributed by atoms with Crippen LogP contribution < -0.4 is 14.9 Å². The molecule has 1 saturated carbocycles. The molecule has 10 nitrogen and oxygen atoms in total. The first-order valence-electron chi connectivity index (χ1n) is 9.82. The summed E-state index contributed by atoms with van der Waals surface area (Å²) in [4.78, 5) is 11.1. The molecule has 31 heavy (non-hydrogen) atoms. The largest absolute Gasteiger partial charge is 0.340 e. The van der Waals surface area contributed by atoms with Crippen molar-refractivity contribution in [1.29, 1.82) is 5.26 Å². The molecule has 0 amide bonds. The Morgan fingerprint density at radius 2 is 2.00 bits per heavy atom. The summed E-state index contributed by atoms with van der Waals surface area (Å²) in [6.07, 6.45) is 1.69. The van der Waals surface area contributed by atoms with Crippen molar-refractivity contribution in [2.24, 2.45) is 11.8 Å². The smallest absolute Gasteiger partial charge is 0.240 e. The number of sulfonamides is 1. The van der Waals surface area contributed by atoms with Crippen LogP contribution in [-0.4, -0.2) is 47.7 Å². The fourth-order valence-corrected chi connectivity index (χ4v) is 5.41. The Balaban J connectivity index is 1.22.